The Morgan fingerprint density at radius 3 is 2.71 bits per heavy atom. The largest absolute Gasteiger partial charge is 0.495 e. The van der Waals surface area contributed by atoms with Crippen LogP contribution >= 0.6 is 11.3 Å². The SMILES string of the molecule is COc1ccccc1N1CCN(C(=O)Cn2cnc3nc(N4CCCC(C)C4)sc3c2=O)CC1. The molecule has 2 aliphatic rings. The van der Waals surface area contributed by atoms with Gasteiger partial charge in [0.2, 0.25) is 5.91 Å². The molecule has 2 fully saturated rings. The summed E-state index contributed by atoms with van der Waals surface area (Å²) in [7, 11) is 1.67. The van der Waals surface area contributed by atoms with Crippen LogP contribution < -0.4 is 20.1 Å². The van der Waals surface area contributed by atoms with E-state index in [0.29, 0.717) is 42.4 Å². The molecule has 9 nitrogen and oxygen atoms in total. The van der Waals surface area contributed by atoms with Gasteiger partial charge in [0.1, 0.15) is 23.3 Å². The van der Waals surface area contributed by atoms with Crippen molar-refractivity contribution < 1.29 is 9.53 Å². The van der Waals surface area contributed by atoms with E-state index >= 15 is 0 Å². The van der Waals surface area contributed by atoms with E-state index in [9.17, 15) is 9.59 Å². The third-order valence-electron chi connectivity index (χ3n) is 6.66. The van der Waals surface area contributed by atoms with Crippen molar-refractivity contribution in [2.45, 2.75) is 26.3 Å². The zero-order valence-electron chi connectivity index (χ0n) is 19.6. The van der Waals surface area contributed by atoms with Crippen molar-refractivity contribution in [2.24, 2.45) is 5.92 Å². The van der Waals surface area contributed by atoms with Gasteiger partial charge < -0.3 is 19.4 Å². The lowest BCUT2D eigenvalue weighted by atomic mass is 10.0. The highest BCUT2D eigenvalue weighted by Gasteiger charge is 2.25. The molecule has 0 saturated carbocycles. The highest BCUT2D eigenvalue weighted by molar-refractivity contribution is 7.22. The second-order valence-corrected chi connectivity index (χ2v) is 10.0. The minimum Gasteiger partial charge on any atom is -0.495 e. The molecule has 4 heterocycles. The molecule has 0 bridgehead atoms. The molecule has 0 radical (unpaired) electrons. The number of aromatic nitrogens is 3. The third kappa shape index (κ3) is 4.46. The summed E-state index contributed by atoms with van der Waals surface area (Å²) in [5, 5.41) is 0.850. The molecule has 1 aromatic carbocycles. The summed E-state index contributed by atoms with van der Waals surface area (Å²) < 4.78 is 7.40. The molecule has 5 rings (SSSR count). The van der Waals surface area contributed by atoms with Gasteiger partial charge in [-0.05, 0) is 30.9 Å². The van der Waals surface area contributed by atoms with Gasteiger partial charge >= 0.3 is 0 Å². The van der Waals surface area contributed by atoms with Crippen LogP contribution in [0.15, 0.2) is 35.4 Å². The Morgan fingerprint density at radius 2 is 1.94 bits per heavy atom. The summed E-state index contributed by atoms with van der Waals surface area (Å²) >= 11 is 1.39. The number of piperazine rings is 1. The molecule has 2 aliphatic heterocycles. The lowest BCUT2D eigenvalue weighted by Gasteiger charge is -2.36. The van der Waals surface area contributed by atoms with Crippen LogP contribution in [-0.4, -0.2) is 71.7 Å². The standard InChI is InChI=1S/C24H30N6O3S/c1-17-6-5-9-29(14-17)24-26-22-21(34-24)23(32)30(16-25-22)15-20(31)28-12-10-27(11-13-28)18-7-3-4-8-19(18)33-2/h3-4,7-8,16-17H,5-6,9-15H2,1-2H3. The number of hydrogen-bond acceptors (Lipinski definition) is 8. The van der Waals surface area contributed by atoms with Gasteiger partial charge in [-0.2, -0.15) is 4.98 Å². The number of piperidine rings is 1. The van der Waals surface area contributed by atoms with Gasteiger partial charge in [0.15, 0.2) is 10.8 Å². The molecule has 1 unspecified atom stereocenters. The summed E-state index contributed by atoms with van der Waals surface area (Å²) in [6, 6.07) is 7.91. The molecule has 34 heavy (non-hydrogen) atoms. The molecule has 0 N–H and O–H groups in total. The Bertz CT molecular complexity index is 1230. The summed E-state index contributed by atoms with van der Waals surface area (Å²) in [5.74, 6) is 1.38. The molecular weight excluding hydrogens is 452 g/mol. The summed E-state index contributed by atoms with van der Waals surface area (Å²) in [4.78, 5) is 41.4. The van der Waals surface area contributed by atoms with Crippen LogP contribution in [0.5, 0.6) is 5.75 Å². The summed E-state index contributed by atoms with van der Waals surface area (Å²) in [5.41, 5.74) is 1.31. The van der Waals surface area contributed by atoms with Gasteiger partial charge in [0.05, 0.1) is 12.8 Å². The van der Waals surface area contributed by atoms with Crippen LogP contribution in [0.25, 0.3) is 10.3 Å². The highest BCUT2D eigenvalue weighted by Crippen LogP contribution is 2.30. The average molecular weight is 483 g/mol. The molecule has 180 valence electrons. The molecule has 0 spiro atoms. The van der Waals surface area contributed by atoms with Crippen LogP contribution in [0.2, 0.25) is 0 Å². The third-order valence-corrected chi connectivity index (χ3v) is 7.76. The Labute approximate surface area is 202 Å². The van der Waals surface area contributed by atoms with Crippen molar-refractivity contribution in [2.75, 3.05) is 56.2 Å². The first-order chi connectivity index (χ1) is 16.5. The molecular formula is C24H30N6O3S. The van der Waals surface area contributed by atoms with Crippen LogP contribution in [0.3, 0.4) is 0 Å². The minimum absolute atomic E-state index is 0.00951. The van der Waals surface area contributed by atoms with E-state index < -0.39 is 0 Å². The molecule has 10 heteroatoms. The second-order valence-electron chi connectivity index (χ2n) is 9.06. The predicted octanol–water partition coefficient (Wildman–Crippen LogP) is 2.45. The fourth-order valence-electron chi connectivity index (χ4n) is 4.78. The van der Waals surface area contributed by atoms with Gasteiger partial charge in [-0.25, -0.2) is 4.98 Å². The maximum absolute atomic E-state index is 13.1. The number of thiazole rings is 1. The van der Waals surface area contributed by atoms with Gasteiger partial charge in [-0.3, -0.25) is 14.2 Å². The molecule has 1 atom stereocenters. The average Bonchev–Trinajstić information content (AvgIpc) is 3.31. The second kappa shape index (κ2) is 9.61. The predicted molar refractivity (Wildman–Crippen MR) is 134 cm³/mol. The molecule has 0 aliphatic carbocycles. The minimum atomic E-state index is -0.195. The number of fused-ring (bicyclic) bond motifs is 1. The zero-order valence-corrected chi connectivity index (χ0v) is 20.5. The number of benzene rings is 1. The molecule has 3 aromatic rings. The summed E-state index contributed by atoms with van der Waals surface area (Å²) in [6.45, 7) is 6.76. The molecule has 2 saturated heterocycles. The summed E-state index contributed by atoms with van der Waals surface area (Å²) in [6.07, 6.45) is 3.81. The normalized spacial score (nSPS) is 19.0. The van der Waals surface area contributed by atoms with Crippen molar-refractivity contribution in [3.8, 4) is 5.75 Å². The fourth-order valence-corrected chi connectivity index (χ4v) is 5.78. The van der Waals surface area contributed by atoms with Crippen molar-refractivity contribution in [3.63, 3.8) is 0 Å². The van der Waals surface area contributed by atoms with E-state index in [2.05, 4.69) is 26.7 Å². The molecule has 2 aromatic heterocycles. The van der Waals surface area contributed by atoms with Gasteiger partial charge in [-0.15, -0.1) is 0 Å². The first kappa shape index (κ1) is 22.6. The van der Waals surface area contributed by atoms with E-state index in [4.69, 9.17) is 4.74 Å². The van der Waals surface area contributed by atoms with E-state index in [1.807, 2.05) is 29.2 Å². The smallest absolute Gasteiger partial charge is 0.273 e. The molecule has 1 amide bonds. The Morgan fingerprint density at radius 1 is 1.15 bits per heavy atom. The number of methoxy groups -OCH3 is 1. The number of nitrogens with zero attached hydrogens (tertiary/aromatic N) is 6. The van der Waals surface area contributed by atoms with Crippen LogP contribution in [-0.2, 0) is 11.3 Å². The van der Waals surface area contributed by atoms with Crippen LogP contribution in [0.1, 0.15) is 19.8 Å². The topological polar surface area (TPSA) is 83.8 Å². The van der Waals surface area contributed by atoms with Crippen molar-refractivity contribution in [3.05, 3.63) is 40.9 Å². The number of rotatable bonds is 5. The van der Waals surface area contributed by atoms with E-state index in [0.717, 1.165) is 36.1 Å². The van der Waals surface area contributed by atoms with Crippen LogP contribution in [0, 0.1) is 5.92 Å². The van der Waals surface area contributed by atoms with E-state index in [-0.39, 0.29) is 18.0 Å². The number of para-hydroxylation sites is 2. The number of carbonyl (C=O) groups excluding carboxylic acids is 1. The van der Waals surface area contributed by atoms with Gasteiger partial charge in [0.25, 0.3) is 5.56 Å². The number of ether oxygens (including phenoxy) is 1. The van der Waals surface area contributed by atoms with Gasteiger partial charge in [0, 0.05) is 39.3 Å². The Hall–Kier alpha value is -3.14. The number of carbonyl (C=O) groups is 1. The Balaban J connectivity index is 1.26. The Kier molecular flexibility index (Phi) is 6.40. The van der Waals surface area contributed by atoms with E-state index in [1.165, 1.54) is 28.7 Å². The van der Waals surface area contributed by atoms with Crippen molar-refractivity contribution >= 4 is 38.4 Å². The number of anilines is 2. The van der Waals surface area contributed by atoms with Crippen molar-refractivity contribution in [1.82, 2.24) is 19.4 Å². The maximum Gasteiger partial charge on any atom is 0.273 e. The number of hydrogen-bond donors (Lipinski definition) is 0. The monoisotopic (exact) mass is 482 g/mol. The maximum atomic E-state index is 13.1. The highest BCUT2D eigenvalue weighted by atomic mass is 32.1. The fraction of sp³-hybridized carbons (Fsp3) is 0.500. The van der Waals surface area contributed by atoms with Gasteiger partial charge in [-0.1, -0.05) is 30.4 Å². The first-order valence-electron chi connectivity index (χ1n) is 11.8. The zero-order chi connectivity index (χ0) is 23.7. The number of amides is 1. The van der Waals surface area contributed by atoms with Crippen molar-refractivity contribution in [1.29, 1.82) is 0 Å². The van der Waals surface area contributed by atoms with Crippen LogP contribution in [0.4, 0.5) is 10.8 Å². The lowest BCUT2D eigenvalue weighted by molar-refractivity contribution is -0.132. The van der Waals surface area contributed by atoms with E-state index in [1.54, 1.807) is 7.11 Å². The first-order valence-corrected chi connectivity index (χ1v) is 12.6. The lowest BCUT2D eigenvalue weighted by Crippen LogP contribution is -2.50. The quantitative estimate of drug-likeness (QED) is 0.552.